The van der Waals surface area contributed by atoms with Crippen molar-refractivity contribution in [3.63, 3.8) is 0 Å². The molecule has 0 bridgehead atoms. The van der Waals surface area contributed by atoms with Crippen molar-refractivity contribution in [2.45, 2.75) is 13.3 Å². The van der Waals surface area contributed by atoms with Crippen molar-refractivity contribution >= 4 is 23.2 Å². The lowest BCUT2D eigenvalue weighted by Crippen LogP contribution is -2.36. The van der Waals surface area contributed by atoms with E-state index in [1.165, 1.54) is 0 Å². The molecule has 1 aliphatic rings. The molecule has 0 radical (unpaired) electrons. The number of oxazole rings is 1. The van der Waals surface area contributed by atoms with Crippen molar-refractivity contribution < 1.29 is 9.21 Å². The summed E-state index contributed by atoms with van der Waals surface area (Å²) >= 11 is 0. The first-order valence-electron chi connectivity index (χ1n) is 8.38. The van der Waals surface area contributed by atoms with Crippen LogP contribution in [0.3, 0.4) is 0 Å². The minimum Gasteiger partial charge on any atom is -0.422 e. The average Bonchev–Trinajstić information content (AvgIpc) is 3.08. The number of hydrogen-bond donors (Lipinski definition) is 0. The van der Waals surface area contributed by atoms with Crippen LogP contribution in [-0.2, 0) is 7.05 Å². The smallest absolute Gasteiger partial charge is 0.300 e. The van der Waals surface area contributed by atoms with Crippen LogP contribution in [0.25, 0.3) is 11.2 Å². The summed E-state index contributed by atoms with van der Waals surface area (Å²) in [5.41, 5.74) is 2.76. The first-order valence-corrected chi connectivity index (χ1v) is 8.38. The SMILES string of the molecule is Cc1cc(C(=O)N2CCCN(c3nc4ncccc4o3)CC2)n(C)n1. The van der Waals surface area contributed by atoms with Gasteiger partial charge in [0.05, 0.1) is 5.69 Å². The van der Waals surface area contributed by atoms with E-state index in [4.69, 9.17) is 4.42 Å². The molecule has 1 saturated heterocycles. The molecule has 8 heteroatoms. The number of anilines is 1. The van der Waals surface area contributed by atoms with Crippen LogP contribution in [0.4, 0.5) is 6.01 Å². The molecule has 4 rings (SSSR count). The largest absolute Gasteiger partial charge is 0.422 e. The molecule has 25 heavy (non-hydrogen) atoms. The van der Waals surface area contributed by atoms with E-state index in [-0.39, 0.29) is 5.91 Å². The highest BCUT2D eigenvalue weighted by molar-refractivity contribution is 5.92. The number of aromatic nitrogens is 4. The summed E-state index contributed by atoms with van der Waals surface area (Å²) in [6.07, 6.45) is 2.56. The van der Waals surface area contributed by atoms with Gasteiger partial charge in [-0.2, -0.15) is 10.1 Å². The Morgan fingerprint density at radius 1 is 1.24 bits per heavy atom. The second kappa shape index (κ2) is 6.19. The number of carbonyl (C=O) groups excluding carboxylic acids is 1. The van der Waals surface area contributed by atoms with Crippen molar-refractivity contribution in [1.82, 2.24) is 24.6 Å². The Kier molecular flexibility index (Phi) is 3.87. The third-order valence-electron chi connectivity index (χ3n) is 4.43. The van der Waals surface area contributed by atoms with Crippen LogP contribution in [-0.4, -0.2) is 56.7 Å². The van der Waals surface area contributed by atoms with Gasteiger partial charge >= 0.3 is 0 Å². The molecule has 3 aromatic heterocycles. The molecule has 0 atom stereocenters. The van der Waals surface area contributed by atoms with Gasteiger partial charge in [-0.1, -0.05) is 0 Å². The van der Waals surface area contributed by atoms with Gasteiger partial charge in [-0.3, -0.25) is 9.48 Å². The molecule has 0 aliphatic carbocycles. The highest BCUT2D eigenvalue weighted by Crippen LogP contribution is 2.21. The Labute approximate surface area is 145 Å². The van der Waals surface area contributed by atoms with Crippen LogP contribution in [0.2, 0.25) is 0 Å². The zero-order chi connectivity index (χ0) is 17.4. The van der Waals surface area contributed by atoms with Gasteiger partial charge in [-0.15, -0.1) is 0 Å². The number of nitrogens with zero attached hydrogens (tertiary/aromatic N) is 6. The first-order chi connectivity index (χ1) is 12.1. The normalized spacial score (nSPS) is 15.6. The molecule has 0 N–H and O–H groups in total. The molecule has 0 aromatic carbocycles. The van der Waals surface area contributed by atoms with E-state index in [9.17, 15) is 4.79 Å². The molecule has 1 aliphatic heterocycles. The van der Waals surface area contributed by atoms with Crippen LogP contribution in [0.15, 0.2) is 28.8 Å². The number of hydrogen-bond acceptors (Lipinski definition) is 6. The second-order valence-electron chi connectivity index (χ2n) is 6.25. The molecular weight excluding hydrogens is 320 g/mol. The van der Waals surface area contributed by atoms with E-state index in [0.717, 1.165) is 18.7 Å². The van der Waals surface area contributed by atoms with Gasteiger partial charge in [-0.25, -0.2) is 4.98 Å². The van der Waals surface area contributed by atoms with Gasteiger partial charge in [0.2, 0.25) is 5.65 Å². The average molecular weight is 340 g/mol. The number of fused-ring (bicyclic) bond motifs is 1. The number of carbonyl (C=O) groups is 1. The van der Waals surface area contributed by atoms with Gasteiger partial charge in [0.15, 0.2) is 5.58 Å². The Morgan fingerprint density at radius 3 is 2.88 bits per heavy atom. The fraction of sp³-hybridized carbons (Fsp3) is 0.412. The van der Waals surface area contributed by atoms with E-state index in [0.29, 0.717) is 42.6 Å². The van der Waals surface area contributed by atoms with E-state index in [2.05, 4.69) is 20.0 Å². The maximum Gasteiger partial charge on any atom is 0.300 e. The molecule has 0 unspecified atom stereocenters. The van der Waals surface area contributed by atoms with Crippen LogP contribution >= 0.6 is 0 Å². The molecule has 8 nitrogen and oxygen atoms in total. The predicted molar refractivity (Wildman–Crippen MR) is 92.5 cm³/mol. The summed E-state index contributed by atoms with van der Waals surface area (Å²) in [6.45, 7) is 4.69. The number of rotatable bonds is 2. The summed E-state index contributed by atoms with van der Waals surface area (Å²) in [6, 6.07) is 6.09. The molecule has 0 saturated carbocycles. The van der Waals surface area contributed by atoms with Crippen LogP contribution < -0.4 is 4.90 Å². The minimum atomic E-state index is 0.0178. The Balaban J connectivity index is 1.50. The fourth-order valence-corrected chi connectivity index (χ4v) is 3.18. The van der Waals surface area contributed by atoms with E-state index in [1.807, 2.05) is 30.0 Å². The van der Waals surface area contributed by atoms with Crippen LogP contribution in [0.1, 0.15) is 22.6 Å². The summed E-state index contributed by atoms with van der Waals surface area (Å²) in [7, 11) is 1.80. The van der Waals surface area contributed by atoms with Crippen molar-refractivity contribution in [2.24, 2.45) is 7.05 Å². The molecule has 1 amide bonds. The van der Waals surface area contributed by atoms with E-state index in [1.54, 1.807) is 17.9 Å². The summed E-state index contributed by atoms with van der Waals surface area (Å²) < 4.78 is 7.45. The predicted octanol–water partition coefficient (Wildman–Crippen LogP) is 1.62. The molecule has 0 spiro atoms. The molecule has 4 heterocycles. The fourth-order valence-electron chi connectivity index (χ4n) is 3.18. The van der Waals surface area contributed by atoms with Crippen molar-refractivity contribution in [2.75, 3.05) is 31.1 Å². The molecule has 3 aromatic rings. The summed E-state index contributed by atoms with van der Waals surface area (Å²) in [4.78, 5) is 25.4. The molecule has 1 fully saturated rings. The summed E-state index contributed by atoms with van der Waals surface area (Å²) in [5.74, 6) is 0.0178. The number of aryl methyl sites for hydroxylation is 2. The number of pyridine rings is 1. The van der Waals surface area contributed by atoms with Crippen LogP contribution in [0, 0.1) is 6.92 Å². The van der Waals surface area contributed by atoms with Crippen molar-refractivity contribution in [3.05, 3.63) is 35.8 Å². The Morgan fingerprint density at radius 2 is 2.12 bits per heavy atom. The van der Waals surface area contributed by atoms with Crippen LogP contribution in [0.5, 0.6) is 0 Å². The highest BCUT2D eigenvalue weighted by atomic mass is 16.4. The molecule has 130 valence electrons. The van der Waals surface area contributed by atoms with E-state index < -0.39 is 0 Å². The van der Waals surface area contributed by atoms with Gasteiger partial charge in [0.25, 0.3) is 11.9 Å². The third kappa shape index (κ3) is 2.95. The lowest BCUT2D eigenvalue weighted by Gasteiger charge is -2.21. The maximum atomic E-state index is 12.8. The lowest BCUT2D eigenvalue weighted by molar-refractivity contribution is 0.0756. The third-order valence-corrected chi connectivity index (χ3v) is 4.43. The molecular formula is C17H20N6O2. The Hall–Kier alpha value is -2.90. The first kappa shape index (κ1) is 15.6. The minimum absolute atomic E-state index is 0.0178. The zero-order valence-electron chi connectivity index (χ0n) is 14.3. The Bertz CT molecular complexity index is 882. The monoisotopic (exact) mass is 340 g/mol. The van der Waals surface area contributed by atoms with Crippen molar-refractivity contribution in [1.29, 1.82) is 0 Å². The maximum absolute atomic E-state index is 12.8. The summed E-state index contributed by atoms with van der Waals surface area (Å²) in [5, 5.41) is 4.26. The van der Waals surface area contributed by atoms with E-state index >= 15 is 0 Å². The van der Waals surface area contributed by atoms with Gasteiger partial charge < -0.3 is 14.2 Å². The quantitative estimate of drug-likeness (QED) is 0.705. The standard InChI is InChI=1S/C17H20N6O2/c1-12-11-13(21(2)20-12)16(24)22-7-4-8-23(10-9-22)17-19-15-14(25-17)5-3-6-18-15/h3,5-6,11H,4,7-10H2,1-2H3. The zero-order valence-corrected chi connectivity index (χ0v) is 14.3. The van der Waals surface area contributed by atoms with Gasteiger partial charge in [-0.05, 0) is 31.5 Å². The topological polar surface area (TPSA) is 80.3 Å². The number of amides is 1. The highest BCUT2D eigenvalue weighted by Gasteiger charge is 2.24. The second-order valence-corrected chi connectivity index (χ2v) is 6.25. The van der Waals surface area contributed by atoms with Crippen molar-refractivity contribution in [3.8, 4) is 0 Å². The van der Waals surface area contributed by atoms with Gasteiger partial charge in [0, 0.05) is 39.4 Å². The lowest BCUT2D eigenvalue weighted by atomic mass is 10.3. The van der Waals surface area contributed by atoms with Gasteiger partial charge in [0.1, 0.15) is 5.69 Å².